The Kier molecular flexibility index (Phi) is 5.60. The lowest BCUT2D eigenvalue weighted by molar-refractivity contribution is 0.581. The summed E-state index contributed by atoms with van der Waals surface area (Å²) in [6.07, 6.45) is 1.13. The average Bonchev–Trinajstić information content (AvgIpc) is 2.85. The Morgan fingerprint density at radius 3 is 1.53 bits per heavy atom. The molecule has 5 rings (SSSR count). The second kappa shape index (κ2) is 8.82. The number of benzene rings is 4. The zero-order valence-corrected chi connectivity index (χ0v) is 17.8. The molecule has 1 aliphatic heterocycles. The third kappa shape index (κ3) is 3.89. The van der Waals surface area contributed by atoms with Crippen LogP contribution in [0.15, 0.2) is 121 Å². The number of hydrogen-bond donors (Lipinski definition) is 0. The van der Waals surface area contributed by atoms with Crippen molar-refractivity contribution in [2.45, 2.75) is 23.9 Å². The highest BCUT2D eigenvalue weighted by Crippen LogP contribution is 2.53. The smallest absolute Gasteiger partial charge is 0.0331 e. The van der Waals surface area contributed by atoms with E-state index in [2.05, 4.69) is 121 Å². The second-order valence-corrected chi connectivity index (χ2v) is 9.25. The zero-order chi connectivity index (χ0) is 20.2. The highest BCUT2D eigenvalue weighted by molar-refractivity contribution is 7.42. The first-order valence-electron chi connectivity index (χ1n) is 10.7. The third-order valence-corrected chi connectivity index (χ3v) is 7.90. The van der Waals surface area contributed by atoms with E-state index >= 15 is 0 Å². The Balaban J connectivity index is 1.69. The van der Waals surface area contributed by atoms with Gasteiger partial charge in [-0.1, -0.05) is 130 Å². The molecule has 0 bridgehead atoms. The molecule has 3 atom stereocenters. The van der Waals surface area contributed by atoms with Crippen LogP contribution >= 0.6 is 8.20 Å². The van der Waals surface area contributed by atoms with Gasteiger partial charge in [0.2, 0.25) is 0 Å². The van der Waals surface area contributed by atoms with Crippen molar-refractivity contribution in [2.24, 2.45) is 0 Å². The monoisotopic (exact) mass is 404 g/mol. The van der Waals surface area contributed by atoms with Crippen LogP contribution in [0, 0.1) is 0 Å². The molecular weight excluding hydrogens is 379 g/mol. The Morgan fingerprint density at radius 1 is 0.500 bits per heavy atom. The van der Waals surface area contributed by atoms with Gasteiger partial charge in [0.05, 0.1) is 0 Å². The van der Waals surface area contributed by atoms with E-state index in [1.165, 1.54) is 30.5 Å². The maximum atomic E-state index is 2.31. The number of rotatable bonds is 4. The Labute approximate surface area is 181 Å². The standard InChI is InChI=1S/C29H25P/c1-5-13-22(14-6-1)26-21-27(23-15-7-2-8-16-23)29(25-19-11-4-12-20-25)30-28(26)24-17-9-3-10-18-24/h1-20,26-28H,21H2. The van der Waals surface area contributed by atoms with Crippen LogP contribution in [0.1, 0.15) is 46.2 Å². The SMILES string of the molecule is c1ccc(C2=PC(c3ccccc3)C(c3ccccc3)CC2c2ccccc2)cc1. The first kappa shape index (κ1) is 19.0. The molecule has 3 unspecified atom stereocenters. The summed E-state index contributed by atoms with van der Waals surface area (Å²) in [4.78, 5) is 0. The maximum absolute atomic E-state index is 2.31. The van der Waals surface area contributed by atoms with Crippen LogP contribution < -0.4 is 0 Å². The van der Waals surface area contributed by atoms with Crippen molar-refractivity contribution in [1.82, 2.24) is 0 Å². The quantitative estimate of drug-likeness (QED) is 0.304. The van der Waals surface area contributed by atoms with Gasteiger partial charge in [-0.3, -0.25) is 0 Å². The van der Waals surface area contributed by atoms with Crippen molar-refractivity contribution in [2.75, 3.05) is 0 Å². The molecule has 0 nitrogen and oxygen atoms in total. The minimum absolute atomic E-state index is 0.431. The lowest BCUT2D eigenvalue weighted by Gasteiger charge is -2.36. The summed E-state index contributed by atoms with van der Waals surface area (Å²) in [5, 5.41) is 1.54. The summed E-state index contributed by atoms with van der Waals surface area (Å²) >= 11 is 0. The first-order chi connectivity index (χ1) is 14.9. The van der Waals surface area contributed by atoms with Crippen LogP contribution in [0.4, 0.5) is 0 Å². The van der Waals surface area contributed by atoms with Crippen molar-refractivity contribution in [3.8, 4) is 0 Å². The largest absolute Gasteiger partial charge is 0.0908 e. The molecule has 0 spiro atoms. The van der Waals surface area contributed by atoms with Crippen LogP contribution in [0.5, 0.6) is 0 Å². The number of hydrogen-bond acceptors (Lipinski definition) is 0. The molecule has 0 aliphatic carbocycles. The lowest BCUT2D eigenvalue weighted by Crippen LogP contribution is -2.23. The zero-order valence-electron chi connectivity index (χ0n) is 16.9. The third-order valence-electron chi connectivity index (χ3n) is 6.12. The van der Waals surface area contributed by atoms with E-state index < -0.39 is 0 Å². The lowest BCUT2D eigenvalue weighted by atomic mass is 9.78. The topological polar surface area (TPSA) is 0 Å². The van der Waals surface area contributed by atoms with Crippen LogP contribution in [-0.2, 0) is 0 Å². The summed E-state index contributed by atoms with van der Waals surface area (Å²) in [6, 6.07) is 44.3. The van der Waals surface area contributed by atoms with Gasteiger partial charge in [-0.25, -0.2) is 0 Å². The molecule has 1 aliphatic rings. The van der Waals surface area contributed by atoms with E-state index in [9.17, 15) is 0 Å². The average molecular weight is 404 g/mol. The Morgan fingerprint density at radius 2 is 0.967 bits per heavy atom. The van der Waals surface area contributed by atoms with Gasteiger partial charge in [-0.05, 0) is 39.9 Å². The van der Waals surface area contributed by atoms with Gasteiger partial charge in [-0.15, -0.1) is 0 Å². The van der Waals surface area contributed by atoms with E-state index in [0.29, 0.717) is 17.5 Å². The van der Waals surface area contributed by atoms with Gasteiger partial charge in [0.1, 0.15) is 0 Å². The van der Waals surface area contributed by atoms with E-state index in [0.717, 1.165) is 6.42 Å². The highest BCUT2D eigenvalue weighted by atomic mass is 31.1. The molecule has 0 saturated carbocycles. The molecule has 0 radical (unpaired) electrons. The van der Waals surface area contributed by atoms with Crippen molar-refractivity contribution in [1.29, 1.82) is 0 Å². The van der Waals surface area contributed by atoms with Crippen molar-refractivity contribution < 1.29 is 0 Å². The van der Waals surface area contributed by atoms with Crippen LogP contribution in [0.25, 0.3) is 0 Å². The van der Waals surface area contributed by atoms with Gasteiger partial charge in [0.25, 0.3) is 0 Å². The predicted octanol–water partition coefficient (Wildman–Crippen LogP) is 7.87. The molecule has 1 heteroatoms. The van der Waals surface area contributed by atoms with Crippen molar-refractivity contribution in [3.63, 3.8) is 0 Å². The van der Waals surface area contributed by atoms with Crippen molar-refractivity contribution in [3.05, 3.63) is 144 Å². The summed E-state index contributed by atoms with van der Waals surface area (Å²) in [6.45, 7) is 0. The summed E-state index contributed by atoms with van der Waals surface area (Å²) in [5.41, 5.74) is 6.15. The molecule has 4 aromatic rings. The minimum Gasteiger partial charge on any atom is -0.0908 e. The van der Waals surface area contributed by atoms with Gasteiger partial charge >= 0.3 is 0 Å². The summed E-state index contributed by atoms with van der Waals surface area (Å²) in [5.74, 6) is 0.924. The molecule has 0 aromatic heterocycles. The normalized spacial score (nSPS) is 21.6. The summed E-state index contributed by atoms with van der Waals surface area (Å²) in [7, 11) is 1.41. The molecule has 146 valence electrons. The van der Waals surface area contributed by atoms with Crippen LogP contribution in [0.3, 0.4) is 0 Å². The molecule has 0 fully saturated rings. The molecule has 0 saturated heterocycles. The van der Waals surface area contributed by atoms with Crippen molar-refractivity contribution >= 4 is 13.5 Å². The fourth-order valence-electron chi connectivity index (χ4n) is 4.66. The molecule has 1 heterocycles. The van der Waals surface area contributed by atoms with Gasteiger partial charge in [0.15, 0.2) is 0 Å². The predicted molar refractivity (Wildman–Crippen MR) is 130 cm³/mol. The summed E-state index contributed by atoms with van der Waals surface area (Å²) < 4.78 is 0. The van der Waals surface area contributed by atoms with Gasteiger partial charge in [0, 0.05) is 11.6 Å². The van der Waals surface area contributed by atoms with Gasteiger partial charge < -0.3 is 0 Å². The molecule has 0 amide bonds. The fourth-order valence-corrected chi connectivity index (χ4v) is 6.49. The minimum atomic E-state index is 0.431. The fraction of sp³-hybridized carbons (Fsp3) is 0.138. The van der Waals surface area contributed by atoms with Gasteiger partial charge in [-0.2, -0.15) is 0 Å². The van der Waals surface area contributed by atoms with E-state index in [1.807, 2.05) is 0 Å². The van der Waals surface area contributed by atoms with Crippen LogP contribution in [0.2, 0.25) is 0 Å². The first-order valence-corrected chi connectivity index (χ1v) is 11.6. The maximum Gasteiger partial charge on any atom is 0.0331 e. The Hall–Kier alpha value is -2.95. The van der Waals surface area contributed by atoms with E-state index in [1.54, 1.807) is 5.29 Å². The molecule has 4 aromatic carbocycles. The molecule has 30 heavy (non-hydrogen) atoms. The molecule has 0 N–H and O–H groups in total. The molecular formula is C29H25P. The van der Waals surface area contributed by atoms with Crippen LogP contribution in [-0.4, -0.2) is 5.29 Å². The second-order valence-electron chi connectivity index (χ2n) is 7.95. The Bertz CT molecular complexity index is 1100. The highest BCUT2D eigenvalue weighted by Gasteiger charge is 2.34. The van der Waals surface area contributed by atoms with E-state index in [4.69, 9.17) is 0 Å². The van der Waals surface area contributed by atoms with E-state index in [-0.39, 0.29) is 0 Å².